The Balaban J connectivity index is 1.62. The molecule has 29 heavy (non-hydrogen) atoms. The van der Waals surface area contributed by atoms with E-state index in [0.717, 1.165) is 4.90 Å². The van der Waals surface area contributed by atoms with Crippen LogP contribution < -0.4 is 9.47 Å². The Kier molecular flexibility index (Phi) is 7.00. The monoisotopic (exact) mass is 433 g/mol. The molecule has 0 atom stereocenters. The van der Waals surface area contributed by atoms with E-state index in [4.69, 9.17) is 25.6 Å². The summed E-state index contributed by atoms with van der Waals surface area (Å²) in [4.78, 5) is 19.3. The molecular weight excluding hydrogens is 414 g/mol. The maximum Gasteiger partial charge on any atom is 0.246 e. The van der Waals surface area contributed by atoms with Gasteiger partial charge in [-0.3, -0.25) is 4.79 Å². The normalized spacial score (nSPS) is 10.6. The number of carbonyl (C=O) groups excluding carboxylic acids is 1. The Bertz CT molecular complexity index is 978. The zero-order valence-electron chi connectivity index (χ0n) is 16.2. The summed E-state index contributed by atoms with van der Waals surface area (Å²) < 4.78 is 15.9. The van der Waals surface area contributed by atoms with Crippen LogP contribution in [0.1, 0.15) is 5.89 Å². The summed E-state index contributed by atoms with van der Waals surface area (Å²) in [5, 5.41) is 4.67. The lowest BCUT2D eigenvalue weighted by Crippen LogP contribution is -2.27. The van der Waals surface area contributed by atoms with E-state index < -0.39 is 0 Å². The highest BCUT2D eigenvalue weighted by Gasteiger charge is 2.17. The number of hydrogen-bond donors (Lipinski definition) is 0. The summed E-state index contributed by atoms with van der Waals surface area (Å²) in [6.45, 7) is 0.214. The van der Waals surface area contributed by atoms with E-state index in [2.05, 4.69) is 10.1 Å². The minimum absolute atomic E-state index is 0.0493. The van der Waals surface area contributed by atoms with Crippen LogP contribution in [0.5, 0.6) is 11.5 Å². The molecule has 0 spiro atoms. The standard InChI is InChI=1S/C20H20ClN3O4S/c1-24(19(25)12-29-15-7-4-13(21)5-8-15)11-18-22-20(23-28-18)16-9-6-14(26-2)10-17(16)27-3/h4-10H,11-12H2,1-3H3. The smallest absolute Gasteiger partial charge is 0.246 e. The highest BCUT2D eigenvalue weighted by molar-refractivity contribution is 8.00. The molecule has 0 radical (unpaired) electrons. The predicted octanol–water partition coefficient (Wildman–Crippen LogP) is 4.16. The number of methoxy groups -OCH3 is 2. The molecule has 0 saturated heterocycles. The first-order chi connectivity index (χ1) is 14.0. The summed E-state index contributed by atoms with van der Waals surface area (Å²) in [6, 6.07) is 12.7. The number of hydrogen-bond acceptors (Lipinski definition) is 7. The average molecular weight is 434 g/mol. The molecule has 0 aliphatic heterocycles. The van der Waals surface area contributed by atoms with Crippen molar-refractivity contribution in [3.8, 4) is 22.9 Å². The van der Waals surface area contributed by atoms with E-state index in [0.29, 0.717) is 39.6 Å². The van der Waals surface area contributed by atoms with Crippen molar-refractivity contribution in [3.05, 3.63) is 53.4 Å². The third-order valence-corrected chi connectivity index (χ3v) is 5.34. The minimum atomic E-state index is -0.0493. The van der Waals surface area contributed by atoms with Crippen LogP contribution in [0.3, 0.4) is 0 Å². The number of carbonyl (C=O) groups is 1. The molecule has 0 fully saturated rings. The van der Waals surface area contributed by atoms with Gasteiger partial charge in [0.05, 0.1) is 32.1 Å². The number of halogens is 1. The third-order valence-electron chi connectivity index (χ3n) is 4.09. The fourth-order valence-corrected chi connectivity index (χ4v) is 3.45. The van der Waals surface area contributed by atoms with E-state index >= 15 is 0 Å². The second kappa shape index (κ2) is 9.67. The van der Waals surface area contributed by atoms with Crippen LogP contribution in [-0.4, -0.2) is 48.0 Å². The lowest BCUT2D eigenvalue weighted by atomic mass is 10.2. The number of thioether (sulfide) groups is 1. The molecule has 9 heteroatoms. The summed E-state index contributed by atoms with van der Waals surface area (Å²) in [5.41, 5.74) is 0.676. The number of benzene rings is 2. The molecule has 0 aliphatic rings. The fourth-order valence-electron chi connectivity index (χ4n) is 2.49. The Labute approximate surface area is 177 Å². The molecule has 0 aliphatic carbocycles. The molecular formula is C20H20ClN3O4S. The average Bonchev–Trinajstić information content (AvgIpc) is 3.20. The predicted molar refractivity (Wildman–Crippen MR) is 111 cm³/mol. The van der Waals surface area contributed by atoms with Crippen LogP contribution >= 0.6 is 23.4 Å². The summed E-state index contributed by atoms with van der Waals surface area (Å²) in [7, 11) is 4.84. The number of amides is 1. The fraction of sp³-hybridized carbons (Fsp3) is 0.250. The van der Waals surface area contributed by atoms with Crippen molar-refractivity contribution in [1.29, 1.82) is 0 Å². The van der Waals surface area contributed by atoms with Crippen molar-refractivity contribution in [2.75, 3.05) is 27.0 Å². The van der Waals surface area contributed by atoms with Gasteiger partial charge in [-0.05, 0) is 36.4 Å². The SMILES string of the molecule is COc1ccc(-c2noc(CN(C)C(=O)CSc3ccc(Cl)cc3)n2)c(OC)c1. The maximum atomic E-state index is 12.4. The third kappa shape index (κ3) is 5.42. The zero-order valence-corrected chi connectivity index (χ0v) is 17.8. The van der Waals surface area contributed by atoms with Crippen LogP contribution in [0, 0.1) is 0 Å². The van der Waals surface area contributed by atoms with Gasteiger partial charge in [-0.1, -0.05) is 16.8 Å². The molecule has 3 rings (SSSR count). The van der Waals surface area contributed by atoms with Crippen molar-refractivity contribution in [3.63, 3.8) is 0 Å². The maximum absolute atomic E-state index is 12.4. The molecule has 1 aromatic heterocycles. The lowest BCUT2D eigenvalue weighted by molar-refractivity contribution is -0.127. The van der Waals surface area contributed by atoms with E-state index in [1.165, 1.54) is 11.8 Å². The van der Waals surface area contributed by atoms with Crippen molar-refractivity contribution in [1.82, 2.24) is 15.0 Å². The van der Waals surface area contributed by atoms with Gasteiger partial charge in [-0.2, -0.15) is 4.98 Å². The highest BCUT2D eigenvalue weighted by atomic mass is 35.5. The first kappa shape index (κ1) is 21.0. The molecule has 0 saturated carbocycles. The molecule has 0 N–H and O–H groups in total. The molecule has 0 unspecified atom stereocenters. The van der Waals surface area contributed by atoms with Gasteiger partial charge < -0.3 is 18.9 Å². The number of rotatable bonds is 8. The Morgan fingerprint density at radius 2 is 1.93 bits per heavy atom. The van der Waals surface area contributed by atoms with E-state index in [1.807, 2.05) is 12.1 Å². The second-order valence-corrected chi connectivity index (χ2v) is 7.56. The topological polar surface area (TPSA) is 77.7 Å². The van der Waals surface area contributed by atoms with Crippen molar-refractivity contribution >= 4 is 29.3 Å². The van der Waals surface area contributed by atoms with E-state index in [9.17, 15) is 4.79 Å². The van der Waals surface area contributed by atoms with Gasteiger partial charge >= 0.3 is 0 Å². The molecule has 0 bridgehead atoms. The van der Waals surface area contributed by atoms with Crippen molar-refractivity contribution < 1.29 is 18.8 Å². The molecule has 1 heterocycles. The van der Waals surface area contributed by atoms with Gasteiger partial charge in [0.1, 0.15) is 11.5 Å². The van der Waals surface area contributed by atoms with Gasteiger partial charge in [0.2, 0.25) is 17.6 Å². The van der Waals surface area contributed by atoms with Crippen LogP contribution in [0.15, 0.2) is 51.9 Å². The minimum Gasteiger partial charge on any atom is -0.497 e. The largest absolute Gasteiger partial charge is 0.497 e. The van der Waals surface area contributed by atoms with E-state index in [1.54, 1.807) is 56.5 Å². The number of ether oxygens (including phenoxy) is 2. The first-order valence-corrected chi connectivity index (χ1v) is 10.0. The Morgan fingerprint density at radius 1 is 1.17 bits per heavy atom. The van der Waals surface area contributed by atoms with Gasteiger partial charge in [0.25, 0.3) is 0 Å². The van der Waals surface area contributed by atoms with Crippen LogP contribution in [0.2, 0.25) is 5.02 Å². The van der Waals surface area contributed by atoms with Crippen LogP contribution in [-0.2, 0) is 11.3 Å². The molecule has 1 amide bonds. The summed E-state index contributed by atoms with van der Waals surface area (Å²) >= 11 is 7.32. The van der Waals surface area contributed by atoms with Crippen LogP contribution in [0.4, 0.5) is 0 Å². The molecule has 7 nitrogen and oxygen atoms in total. The van der Waals surface area contributed by atoms with Crippen molar-refractivity contribution in [2.45, 2.75) is 11.4 Å². The van der Waals surface area contributed by atoms with Gasteiger partial charge in [0, 0.05) is 23.0 Å². The summed E-state index contributed by atoms with van der Waals surface area (Å²) in [6.07, 6.45) is 0. The van der Waals surface area contributed by atoms with Gasteiger partial charge in [-0.15, -0.1) is 11.8 Å². The molecule has 3 aromatic rings. The second-order valence-electron chi connectivity index (χ2n) is 6.07. The summed E-state index contributed by atoms with van der Waals surface area (Å²) in [5.74, 6) is 2.21. The van der Waals surface area contributed by atoms with Gasteiger partial charge in [-0.25, -0.2) is 0 Å². The van der Waals surface area contributed by atoms with E-state index in [-0.39, 0.29) is 12.5 Å². The lowest BCUT2D eigenvalue weighted by Gasteiger charge is -2.14. The van der Waals surface area contributed by atoms with Gasteiger partial charge in [0.15, 0.2) is 0 Å². The number of nitrogens with zero attached hydrogens (tertiary/aromatic N) is 3. The quantitative estimate of drug-likeness (QED) is 0.493. The molecule has 2 aromatic carbocycles. The molecule has 152 valence electrons. The highest BCUT2D eigenvalue weighted by Crippen LogP contribution is 2.31. The Hall–Kier alpha value is -2.71. The van der Waals surface area contributed by atoms with Crippen molar-refractivity contribution in [2.24, 2.45) is 0 Å². The first-order valence-electron chi connectivity index (χ1n) is 8.67. The Morgan fingerprint density at radius 3 is 2.62 bits per heavy atom. The number of aromatic nitrogens is 2. The van der Waals surface area contributed by atoms with Crippen LogP contribution in [0.25, 0.3) is 11.4 Å². The zero-order chi connectivity index (χ0) is 20.8.